The fourth-order valence-corrected chi connectivity index (χ4v) is 3.66. The van der Waals surface area contributed by atoms with E-state index in [-0.39, 0.29) is 18.3 Å². The SMILES string of the molecule is COCC1(C(=O)NCc2ccc(OCc3ccccc3)c(OC)c2)CCNCC1.Cl. The second kappa shape index (κ2) is 11.8. The van der Waals surface area contributed by atoms with Gasteiger partial charge in [0, 0.05) is 13.7 Å². The van der Waals surface area contributed by atoms with Gasteiger partial charge in [0.15, 0.2) is 11.5 Å². The van der Waals surface area contributed by atoms with Crippen LogP contribution in [0.25, 0.3) is 0 Å². The van der Waals surface area contributed by atoms with Gasteiger partial charge in [-0.1, -0.05) is 36.4 Å². The molecule has 7 heteroatoms. The number of rotatable bonds is 9. The van der Waals surface area contributed by atoms with Crippen LogP contribution in [0.3, 0.4) is 0 Å². The summed E-state index contributed by atoms with van der Waals surface area (Å²) in [4.78, 5) is 12.9. The maximum Gasteiger partial charge on any atom is 0.228 e. The van der Waals surface area contributed by atoms with Crippen molar-refractivity contribution in [2.24, 2.45) is 5.41 Å². The summed E-state index contributed by atoms with van der Waals surface area (Å²) in [5.74, 6) is 1.38. The third-order valence-electron chi connectivity index (χ3n) is 5.38. The number of carbonyl (C=O) groups is 1. The van der Waals surface area contributed by atoms with Crippen LogP contribution in [0.1, 0.15) is 24.0 Å². The van der Waals surface area contributed by atoms with E-state index in [0.29, 0.717) is 31.3 Å². The molecule has 2 aromatic rings. The van der Waals surface area contributed by atoms with Crippen LogP contribution in [0, 0.1) is 5.41 Å². The van der Waals surface area contributed by atoms with Crippen LogP contribution in [0.2, 0.25) is 0 Å². The highest BCUT2D eigenvalue weighted by Gasteiger charge is 2.39. The summed E-state index contributed by atoms with van der Waals surface area (Å²) >= 11 is 0. The van der Waals surface area contributed by atoms with Crippen LogP contribution >= 0.6 is 12.4 Å². The van der Waals surface area contributed by atoms with Crippen molar-refractivity contribution < 1.29 is 19.0 Å². The molecule has 164 valence electrons. The van der Waals surface area contributed by atoms with E-state index in [9.17, 15) is 4.79 Å². The molecule has 0 unspecified atom stereocenters. The summed E-state index contributed by atoms with van der Waals surface area (Å²) in [6.07, 6.45) is 1.56. The fraction of sp³-hybridized carbons (Fsp3) is 0.435. The first-order valence-corrected chi connectivity index (χ1v) is 9.98. The molecule has 0 spiro atoms. The van der Waals surface area contributed by atoms with E-state index < -0.39 is 5.41 Å². The third kappa shape index (κ3) is 6.11. The Kier molecular flexibility index (Phi) is 9.43. The Hall–Kier alpha value is -2.28. The lowest BCUT2D eigenvalue weighted by Crippen LogP contribution is -2.49. The number of ether oxygens (including phenoxy) is 3. The summed E-state index contributed by atoms with van der Waals surface area (Å²) in [7, 11) is 3.27. The zero-order valence-corrected chi connectivity index (χ0v) is 18.4. The van der Waals surface area contributed by atoms with Crippen molar-refractivity contribution in [3.05, 3.63) is 59.7 Å². The second-order valence-corrected chi connectivity index (χ2v) is 7.41. The molecule has 0 radical (unpaired) electrons. The first-order chi connectivity index (χ1) is 14.2. The van der Waals surface area contributed by atoms with E-state index in [1.807, 2.05) is 48.5 Å². The Labute approximate surface area is 184 Å². The third-order valence-corrected chi connectivity index (χ3v) is 5.38. The normalized spacial score (nSPS) is 15.0. The molecular weight excluding hydrogens is 404 g/mol. The molecule has 0 atom stereocenters. The maximum absolute atomic E-state index is 12.9. The van der Waals surface area contributed by atoms with Crippen molar-refractivity contribution >= 4 is 18.3 Å². The van der Waals surface area contributed by atoms with E-state index >= 15 is 0 Å². The lowest BCUT2D eigenvalue weighted by atomic mass is 9.78. The minimum absolute atomic E-state index is 0. The van der Waals surface area contributed by atoms with Crippen LogP contribution < -0.4 is 20.1 Å². The maximum atomic E-state index is 12.9. The zero-order valence-electron chi connectivity index (χ0n) is 17.6. The van der Waals surface area contributed by atoms with Crippen LogP contribution in [0.15, 0.2) is 48.5 Å². The Bertz CT molecular complexity index is 790. The van der Waals surface area contributed by atoms with E-state index in [2.05, 4.69) is 10.6 Å². The van der Waals surface area contributed by atoms with Gasteiger partial charge in [0.2, 0.25) is 5.91 Å². The molecule has 2 N–H and O–H groups in total. The summed E-state index contributed by atoms with van der Waals surface area (Å²) in [6, 6.07) is 15.7. The number of benzene rings is 2. The number of methoxy groups -OCH3 is 2. The summed E-state index contributed by atoms with van der Waals surface area (Å²) in [5, 5.41) is 6.39. The molecule has 1 saturated heterocycles. The molecule has 0 aromatic heterocycles. The van der Waals surface area contributed by atoms with Gasteiger partial charge in [-0.05, 0) is 49.2 Å². The fourth-order valence-electron chi connectivity index (χ4n) is 3.66. The minimum Gasteiger partial charge on any atom is -0.493 e. The van der Waals surface area contributed by atoms with Gasteiger partial charge in [0.25, 0.3) is 0 Å². The number of halogens is 1. The first-order valence-electron chi connectivity index (χ1n) is 9.98. The molecule has 0 aliphatic carbocycles. The lowest BCUT2D eigenvalue weighted by Gasteiger charge is -2.35. The lowest BCUT2D eigenvalue weighted by molar-refractivity contribution is -0.136. The van der Waals surface area contributed by atoms with Crippen LogP contribution in [0.5, 0.6) is 11.5 Å². The highest BCUT2D eigenvalue weighted by molar-refractivity contribution is 5.85. The topological polar surface area (TPSA) is 68.8 Å². The Morgan fingerprint density at radius 3 is 2.43 bits per heavy atom. The summed E-state index contributed by atoms with van der Waals surface area (Å²) in [6.45, 7) is 3.01. The standard InChI is InChI=1S/C23H30N2O4.ClH/c1-27-17-23(10-12-24-13-11-23)22(26)25-15-19-8-9-20(21(14-19)28-2)29-16-18-6-4-3-5-7-18;/h3-9,14,24H,10-13,15-17H2,1-2H3,(H,25,26);1H. The molecule has 2 aromatic carbocycles. The van der Waals surface area contributed by atoms with Gasteiger partial charge in [-0.3, -0.25) is 4.79 Å². The minimum atomic E-state index is -0.456. The van der Waals surface area contributed by atoms with Gasteiger partial charge in [0.1, 0.15) is 6.61 Å². The van der Waals surface area contributed by atoms with Gasteiger partial charge in [-0.2, -0.15) is 0 Å². The molecule has 1 aliphatic heterocycles. The zero-order chi connectivity index (χ0) is 20.5. The number of hydrogen-bond acceptors (Lipinski definition) is 5. The second-order valence-electron chi connectivity index (χ2n) is 7.41. The first kappa shape index (κ1) is 24.0. The molecular formula is C23H31ClN2O4. The molecule has 3 rings (SSSR count). The van der Waals surface area contributed by atoms with E-state index in [0.717, 1.165) is 37.1 Å². The average Bonchev–Trinajstić information content (AvgIpc) is 2.77. The Morgan fingerprint density at radius 1 is 1.03 bits per heavy atom. The summed E-state index contributed by atoms with van der Waals surface area (Å²) < 4.78 is 16.7. The number of piperidine rings is 1. The highest BCUT2D eigenvalue weighted by Crippen LogP contribution is 2.31. The van der Waals surface area contributed by atoms with Crippen LogP contribution in [0.4, 0.5) is 0 Å². The van der Waals surface area contributed by atoms with Gasteiger partial charge in [-0.25, -0.2) is 0 Å². The number of amides is 1. The predicted octanol–water partition coefficient (Wildman–Crippen LogP) is 3.33. The molecule has 1 aliphatic rings. The van der Waals surface area contributed by atoms with Crippen molar-refractivity contribution in [3.8, 4) is 11.5 Å². The molecule has 30 heavy (non-hydrogen) atoms. The van der Waals surface area contributed by atoms with E-state index in [4.69, 9.17) is 14.2 Å². The van der Waals surface area contributed by atoms with Crippen molar-refractivity contribution in [2.45, 2.75) is 26.0 Å². The molecule has 0 saturated carbocycles. The highest BCUT2D eigenvalue weighted by atomic mass is 35.5. The monoisotopic (exact) mass is 434 g/mol. The smallest absolute Gasteiger partial charge is 0.228 e. The molecule has 6 nitrogen and oxygen atoms in total. The van der Waals surface area contributed by atoms with E-state index in [1.165, 1.54) is 0 Å². The van der Waals surface area contributed by atoms with Crippen LogP contribution in [-0.4, -0.2) is 39.8 Å². The van der Waals surface area contributed by atoms with Gasteiger partial charge < -0.3 is 24.8 Å². The Morgan fingerprint density at radius 2 is 1.77 bits per heavy atom. The van der Waals surface area contributed by atoms with Gasteiger partial charge in [-0.15, -0.1) is 12.4 Å². The molecule has 0 bridgehead atoms. The van der Waals surface area contributed by atoms with Crippen molar-refractivity contribution in [1.29, 1.82) is 0 Å². The molecule has 1 heterocycles. The van der Waals surface area contributed by atoms with Crippen molar-refractivity contribution in [2.75, 3.05) is 33.9 Å². The average molecular weight is 435 g/mol. The summed E-state index contributed by atoms with van der Waals surface area (Å²) in [5.41, 5.74) is 1.60. The largest absolute Gasteiger partial charge is 0.493 e. The molecule has 1 amide bonds. The Balaban J connectivity index is 0.00000320. The van der Waals surface area contributed by atoms with Gasteiger partial charge in [0.05, 0.1) is 19.1 Å². The van der Waals surface area contributed by atoms with Crippen molar-refractivity contribution in [3.63, 3.8) is 0 Å². The van der Waals surface area contributed by atoms with Gasteiger partial charge >= 0.3 is 0 Å². The number of nitrogens with one attached hydrogen (secondary N) is 2. The van der Waals surface area contributed by atoms with Crippen molar-refractivity contribution in [1.82, 2.24) is 10.6 Å². The molecule has 1 fully saturated rings. The quantitative estimate of drug-likeness (QED) is 0.633. The van der Waals surface area contributed by atoms with Crippen LogP contribution in [-0.2, 0) is 22.7 Å². The van der Waals surface area contributed by atoms with E-state index in [1.54, 1.807) is 14.2 Å². The number of carbonyl (C=O) groups excluding carboxylic acids is 1. The predicted molar refractivity (Wildman–Crippen MR) is 119 cm³/mol. The number of hydrogen-bond donors (Lipinski definition) is 2.